The van der Waals surface area contributed by atoms with E-state index in [9.17, 15) is 4.79 Å². The van der Waals surface area contributed by atoms with E-state index in [0.29, 0.717) is 11.3 Å². The van der Waals surface area contributed by atoms with E-state index >= 15 is 0 Å². The van der Waals surface area contributed by atoms with Crippen LogP contribution in [-0.2, 0) is 12.8 Å². The second-order valence-corrected chi connectivity index (χ2v) is 5.43. The summed E-state index contributed by atoms with van der Waals surface area (Å²) in [6, 6.07) is 0. The quantitative estimate of drug-likeness (QED) is 0.873. The average Bonchev–Trinajstić information content (AvgIpc) is 2.41. The van der Waals surface area contributed by atoms with Gasteiger partial charge in [-0.15, -0.1) is 0 Å². The maximum absolute atomic E-state index is 12.0. The molecule has 0 saturated carbocycles. The highest BCUT2D eigenvalue weighted by Gasteiger charge is 2.25. The van der Waals surface area contributed by atoms with Gasteiger partial charge in [0.15, 0.2) is 5.78 Å². The van der Waals surface area contributed by atoms with Gasteiger partial charge in [-0.3, -0.25) is 4.79 Å². The Hall–Kier alpha value is -0.870. The van der Waals surface area contributed by atoms with Crippen molar-refractivity contribution in [3.63, 3.8) is 0 Å². The summed E-state index contributed by atoms with van der Waals surface area (Å²) in [6.45, 7) is 2.02. The van der Waals surface area contributed by atoms with E-state index < -0.39 is 0 Å². The van der Waals surface area contributed by atoms with Gasteiger partial charge in [-0.1, -0.05) is 0 Å². The van der Waals surface area contributed by atoms with Crippen molar-refractivity contribution in [2.24, 2.45) is 5.73 Å². The number of fused-ring (bicyclic) bond motifs is 1. The third-order valence-corrected chi connectivity index (χ3v) is 4.49. The van der Waals surface area contributed by atoms with E-state index in [0.717, 1.165) is 22.9 Å². The van der Waals surface area contributed by atoms with Gasteiger partial charge in [0.25, 0.3) is 0 Å². The molecule has 0 spiro atoms. The number of hydrogen-bond donors (Lipinski definition) is 1. The second kappa shape index (κ2) is 5.41. The first-order valence-electron chi connectivity index (χ1n) is 6.22. The van der Waals surface area contributed by atoms with Crippen LogP contribution in [0.3, 0.4) is 0 Å². The van der Waals surface area contributed by atoms with Crippen LogP contribution in [-0.4, -0.2) is 19.4 Å². The molecule has 2 N–H and O–H groups in total. The topological polar surface area (TPSA) is 52.3 Å². The first kappa shape index (κ1) is 13.6. The van der Waals surface area contributed by atoms with Gasteiger partial charge in [0.05, 0.1) is 23.7 Å². The summed E-state index contributed by atoms with van der Waals surface area (Å²) in [4.78, 5) is 12.0. The largest absolute Gasteiger partial charge is 0.495 e. The van der Waals surface area contributed by atoms with Gasteiger partial charge < -0.3 is 10.5 Å². The van der Waals surface area contributed by atoms with Crippen LogP contribution in [0.4, 0.5) is 0 Å². The van der Waals surface area contributed by atoms with Crippen LogP contribution < -0.4 is 10.5 Å². The summed E-state index contributed by atoms with van der Waals surface area (Å²) in [5, 5.41) is 0. The van der Waals surface area contributed by atoms with Crippen molar-refractivity contribution < 1.29 is 9.53 Å². The number of hydrogen-bond acceptors (Lipinski definition) is 3. The summed E-state index contributed by atoms with van der Waals surface area (Å²) in [5.74, 6) is 0.585. The predicted octanol–water partition coefficient (Wildman–Crippen LogP) is 2.79. The maximum Gasteiger partial charge on any atom is 0.180 e. The van der Waals surface area contributed by atoms with E-state index in [1.54, 1.807) is 7.11 Å². The lowest BCUT2D eigenvalue weighted by Crippen LogP contribution is -2.19. The van der Waals surface area contributed by atoms with Gasteiger partial charge >= 0.3 is 0 Å². The number of ketones is 1. The van der Waals surface area contributed by atoms with Crippen LogP contribution in [0.25, 0.3) is 0 Å². The Balaban J connectivity index is 2.72. The van der Waals surface area contributed by atoms with Crippen LogP contribution in [0.1, 0.15) is 39.9 Å². The van der Waals surface area contributed by atoms with E-state index in [2.05, 4.69) is 15.9 Å². The smallest absolute Gasteiger partial charge is 0.180 e. The number of benzene rings is 1. The molecule has 98 valence electrons. The average molecular weight is 312 g/mol. The number of carbonyl (C=O) groups excluding carboxylic acids is 1. The highest BCUT2D eigenvalue weighted by Crippen LogP contribution is 2.41. The van der Waals surface area contributed by atoms with Crippen molar-refractivity contribution in [3.8, 4) is 5.75 Å². The lowest BCUT2D eigenvalue weighted by molar-refractivity contribution is 0.0997. The predicted molar refractivity (Wildman–Crippen MR) is 75.5 cm³/mol. The number of halogens is 1. The van der Waals surface area contributed by atoms with Crippen molar-refractivity contribution >= 4 is 21.7 Å². The molecule has 0 radical (unpaired) electrons. The maximum atomic E-state index is 12.0. The monoisotopic (exact) mass is 311 g/mol. The van der Waals surface area contributed by atoms with Gasteiger partial charge in [-0.25, -0.2) is 0 Å². The molecule has 0 heterocycles. The molecular formula is C14H18BrNO2. The zero-order valence-corrected chi connectivity index (χ0v) is 12.4. The Kier molecular flexibility index (Phi) is 4.07. The van der Waals surface area contributed by atoms with Crippen LogP contribution >= 0.6 is 15.9 Å². The Morgan fingerprint density at radius 2 is 1.94 bits per heavy atom. The third-order valence-electron chi connectivity index (χ3n) is 3.66. The number of Topliss-reactive ketones (excluding diaryl/α,β-unsaturated/α-hetero) is 1. The molecule has 18 heavy (non-hydrogen) atoms. The molecule has 0 unspecified atom stereocenters. The molecule has 0 fully saturated rings. The number of methoxy groups -OCH3 is 1. The standard InChI is InChI=1S/C14H18BrNO2/c1-8-9-5-3-4-6-10(9)13(15)14(18-2)12(8)11(17)7-16/h3-7,16H2,1-2H3. The Morgan fingerprint density at radius 1 is 1.33 bits per heavy atom. The third kappa shape index (κ3) is 2.08. The van der Waals surface area contributed by atoms with Crippen LogP contribution in [0.5, 0.6) is 5.75 Å². The molecule has 1 aliphatic carbocycles. The normalized spacial score (nSPS) is 14.2. The molecule has 2 rings (SSSR count). The molecule has 3 nitrogen and oxygen atoms in total. The second-order valence-electron chi connectivity index (χ2n) is 4.64. The van der Waals surface area contributed by atoms with Crippen molar-refractivity contribution in [2.45, 2.75) is 32.6 Å². The molecule has 1 aliphatic rings. The van der Waals surface area contributed by atoms with Gasteiger partial charge in [0.1, 0.15) is 5.75 Å². The van der Waals surface area contributed by atoms with Crippen molar-refractivity contribution in [1.29, 1.82) is 0 Å². The summed E-state index contributed by atoms with van der Waals surface area (Å²) >= 11 is 3.59. The fourth-order valence-corrected chi connectivity index (χ4v) is 3.56. The summed E-state index contributed by atoms with van der Waals surface area (Å²) in [6.07, 6.45) is 4.46. The highest BCUT2D eigenvalue weighted by molar-refractivity contribution is 9.10. The molecule has 0 aliphatic heterocycles. The van der Waals surface area contributed by atoms with E-state index in [1.165, 1.54) is 24.0 Å². The Morgan fingerprint density at radius 3 is 2.50 bits per heavy atom. The van der Waals surface area contributed by atoms with Gasteiger partial charge in [0.2, 0.25) is 0 Å². The molecular weight excluding hydrogens is 294 g/mol. The molecule has 1 aromatic carbocycles. The summed E-state index contributed by atoms with van der Waals surface area (Å²) < 4.78 is 6.36. The zero-order valence-electron chi connectivity index (χ0n) is 10.8. The molecule has 0 amide bonds. The van der Waals surface area contributed by atoms with Gasteiger partial charge in [-0.05, 0) is 65.2 Å². The minimum atomic E-state index is -0.0570. The van der Waals surface area contributed by atoms with Crippen molar-refractivity contribution in [1.82, 2.24) is 0 Å². The van der Waals surface area contributed by atoms with Crippen molar-refractivity contribution in [3.05, 3.63) is 26.7 Å². The minimum absolute atomic E-state index is 0.0163. The van der Waals surface area contributed by atoms with Crippen LogP contribution in [0.2, 0.25) is 0 Å². The summed E-state index contributed by atoms with van der Waals surface area (Å²) in [5.41, 5.74) is 9.78. The number of ether oxygens (including phenoxy) is 1. The zero-order chi connectivity index (χ0) is 13.3. The molecule has 1 aromatic rings. The number of rotatable bonds is 3. The molecule has 0 bridgehead atoms. The fourth-order valence-electron chi connectivity index (χ4n) is 2.76. The lowest BCUT2D eigenvalue weighted by atomic mass is 9.85. The lowest BCUT2D eigenvalue weighted by Gasteiger charge is -2.24. The minimum Gasteiger partial charge on any atom is -0.495 e. The number of carbonyl (C=O) groups is 1. The SMILES string of the molecule is COc1c(Br)c2c(c(C)c1C(=O)CN)CCCC2. The molecule has 0 saturated heterocycles. The van der Waals surface area contributed by atoms with E-state index in [1.807, 2.05) is 6.92 Å². The first-order valence-corrected chi connectivity index (χ1v) is 7.02. The Labute approximate surface area is 116 Å². The summed E-state index contributed by atoms with van der Waals surface area (Å²) in [7, 11) is 1.60. The first-order chi connectivity index (χ1) is 8.61. The van der Waals surface area contributed by atoms with Crippen LogP contribution in [0, 0.1) is 6.92 Å². The van der Waals surface area contributed by atoms with E-state index in [4.69, 9.17) is 10.5 Å². The molecule has 0 atom stereocenters. The number of nitrogens with two attached hydrogens (primary N) is 1. The molecule has 0 aromatic heterocycles. The van der Waals surface area contributed by atoms with Gasteiger partial charge in [-0.2, -0.15) is 0 Å². The van der Waals surface area contributed by atoms with Crippen molar-refractivity contribution in [2.75, 3.05) is 13.7 Å². The van der Waals surface area contributed by atoms with Gasteiger partial charge in [0, 0.05) is 0 Å². The highest BCUT2D eigenvalue weighted by atomic mass is 79.9. The van der Waals surface area contributed by atoms with Crippen LogP contribution in [0.15, 0.2) is 4.47 Å². The molecule has 4 heteroatoms. The Bertz CT molecular complexity index is 497. The van der Waals surface area contributed by atoms with E-state index in [-0.39, 0.29) is 12.3 Å². The fraction of sp³-hybridized carbons (Fsp3) is 0.500.